The largest absolute Gasteiger partial charge is 0.414 e. The summed E-state index contributed by atoms with van der Waals surface area (Å²) in [6.45, 7) is 30.2. The molecule has 0 aromatic carbocycles. The molecule has 1 unspecified atom stereocenters. The van der Waals surface area contributed by atoms with Crippen LogP contribution in [0.2, 0.25) is 37.8 Å². The van der Waals surface area contributed by atoms with Crippen LogP contribution < -0.4 is 0 Å². The molecular weight excluding hydrogens is 440 g/mol. The molecule has 0 aliphatic heterocycles. The molecule has 0 aromatic heterocycles. The normalized spacial score (nSPS) is 32.4. The van der Waals surface area contributed by atoms with Gasteiger partial charge in [0, 0.05) is 6.10 Å². The molecule has 0 saturated heterocycles. The van der Waals surface area contributed by atoms with Gasteiger partial charge >= 0.3 is 0 Å². The van der Waals surface area contributed by atoms with E-state index in [0.29, 0.717) is 35.2 Å². The number of hydrogen-bond acceptors (Lipinski definition) is 3. The predicted octanol–water partition coefficient (Wildman–Crippen LogP) is 8.25. The Kier molecular flexibility index (Phi) is 8.94. The van der Waals surface area contributed by atoms with E-state index >= 15 is 0 Å². The maximum atomic E-state index is 11.4. The molecule has 33 heavy (non-hydrogen) atoms. The van der Waals surface area contributed by atoms with Crippen molar-refractivity contribution in [2.45, 2.75) is 149 Å². The zero-order valence-corrected chi connectivity index (χ0v) is 26.5. The smallest absolute Gasteiger partial charge is 0.192 e. The molecular formula is C28H58O3Si2. The molecule has 0 heterocycles. The van der Waals surface area contributed by atoms with Crippen molar-refractivity contribution < 1.29 is 14.0 Å². The summed E-state index contributed by atoms with van der Waals surface area (Å²) in [7, 11) is -3.41. The second-order valence-corrected chi connectivity index (χ2v) is 24.2. The van der Waals surface area contributed by atoms with Crippen molar-refractivity contribution >= 4 is 16.6 Å². The molecule has 196 valence electrons. The molecule has 0 bridgehead atoms. The van der Waals surface area contributed by atoms with Gasteiger partial charge in [0.1, 0.15) is 0 Å². The van der Waals surface area contributed by atoms with Crippen LogP contribution in [0.4, 0.5) is 0 Å². The Morgan fingerprint density at radius 3 is 2.06 bits per heavy atom. The summed E-state index contributed by atoms with van der Waals surface area (Å²) in [4.78, 5) is 0. The van der Waals surface area contributed by atoms with Crippen molar-refractivity contribution in [1.82, 2.24) is 0 Å². The molecule has 1 N–H and O–H groups in total. The molecule has 0 amide bonds. The maximum absolute atomic E-state index is 11.4. The van der Waals surface area contributed by atoms with Gasteiger partial charge in [0.15, 0.2) is 16.6 Å². The quantitative estimate of drug-likeness (QED) is 0.325. The highest BCUT2D eigenvalue weighted by atomic mass is 28.4. The van der Waals surface area contributed by atoms with Gasteiger partial charge in [0.05, 0.1) is 11.7 Å². The van der Waals surface area contributed by atoms with Crippen LogP contribution in [0, 0.1) is 29.1 Å². The summed E-state index contributed by atoms with van der Waals surface area (Å²) in [6.07, 6.45) is 7.22. The van der Waals surface area contributed by atoms with E-state index in [1.54, 1.807) is 0 Å². The SMILES string of the molecule is C[C@H](C(O)C[C@@H](C)C(C)(C)O[Si](C)(C)C)[C@H]1CC[C@H]2[C@@H](O[Si](C)(C)C(C)(C)C)CCC[C@@]12C. The summed E-state index contributed by atoms with van der Waals surface area (Å²) in [6, 6.07) is 0. The first-order valence-corrected chi connectivity index (χ1v) is 20.1. The second-order valence-electron chi connectivity index (χ2n) is 15.0. The number of aliphatic hydroxyl groups excluding tert-OH is 1. The summed E-state index contributed by atoms with van der Waals surface area (Å²) in [5, 5.41) is 11.7. The minimum atomic E-state index is -1.78. The third-order valence-electron chi connectivity index (χ3n) is 9.98. The maximum Gasteiger partial charge on any atom is 0.192 e. The first-order valence-electron chi connectivity index (χ1n) is 13.8. The molecule has 3 nitrogen and oxygen atoms in total. The van der Waals surface area contributed by atoms with Crippen LogP contribution in [-0.4, -0.2) is 39.6 Å². The molecule has 2 fully saturated rings. The van der Waals surface area contributed by atoms with Crippen LogP contribution in [0.3, 0.4) is 0 Å². The molecule has 0 radical (unpaired) electrons. The summed E-state index contributed by atoms with van der Waals surface area (Å²) in [5.74, 6) is 1.87. The lowest BCUT2D eigenvalue weighted by Gasteiger charge is -2.50. The van der Waals surface area contributed by atoms with Crippen molar-refractivity contribution in [2.24, 2.45) is 29.1 Å². The van der Waals surface area contributed by atoms with Crippen LogP contribution in [-0.2, 0) is 8.85 Å². The fraction of sp³-hybridized carbons (Fsp3) is 1.00. The minimum absolute atomic E-state index is 0.194. The Hall–Kier alpha value is 0.314. The Balaban J connectivity index is 2.11. The highest BCUT2D eigenvalue weighted by Gasteiger charge is 2.55. The van der Waals surface area contributed by atoms with Gasteiger partial charge in [0.25, 0.3) is 0 Å². The first-order chi connectivity index (χ1) is 14.7. The highest BCUT2D eigenvalue weighted by Crippen LogP contribution is 2.59. The molecule has 0 spiro atoms. The van der Waals surface area contributed by atoms with Gasteiger partial charge in [-0.15, -0.1) is 0 Å². The summed E-state index contributed by atoms with van der Waals surface area (Å²) in [5.41, 5.74) is 0.0967. The van der Waals surface area contributed by atoms with Crippen molar-refractivity contribution in [3.8, 4) is 0 Å². The van der Waals surface area contributed by atoms with Crippen molar-refractivity contribution in [2.75, 3.05) is 0 Å². The Morgan fingerprint density at radius 1 is 0.970 bits per heavy atom. The number of hydrogen-bond donors (Lipinski definition) is 1. The fourth-order valence-corrected chi connectivity index (χ4v) is 9.91. The molecule has 2 aliphatic carbocycles. The number of rotatable bonds is 9. The lowest BCUT2D eigenvalue weighted by Crippen LogP contribution is -2.50. The zero-order valence-electron chi connectivity index (χ0n) is 24.5. The van der Waals surface area contributed by atoms with Crippen molar-refractivity contribution in [1.29, 1.82) is 0 Å². The van der Waals surface area contributed by atoms with Gasteiger partial charge in [-0.25, -0.2) is 0 Å². The van der Waals surface area contributed by atoms with Crippen LogP contribution in [0.5, 0.6) is 0 Å². The van der Waals surface area contributed by atoms with Gasteiger partial charge in [-0.2, -0.15) is 0 Å². The molecule has 2 rings (SSSR count). The molecule has 7 atom stereocenters. The third-order valence-corrected chi connectivity index (χ3v) is 15.6. The van der Waals surface area contributed by atoms with Gasteiger partial charge in [-0.05, 0) is 113 Å². The van der Waals surface area contributed by atoms with Crippen LogP contribution in [0.1, 0.15) is 93.9 Å². The molecule has 2 saturated carbocycles. The van der Waals surface area contributed by atoms with E-state index in [1.807, 2.05) is 0 Å². The van der Waals surface area contributed by atoms with Gasteiger partial charge in [-0.1, -0.05) is 48.0 Å². The van der Waals surface area contributed by atoms with E-state index in [1.165, 1.54) is 32.1 Å². The van der Waals surface area contributed by atoms with Crippen molar-refractivity contribution in [3.05, 3.63) is 0 Å². The van der Waals surface area contributed by atoms with E-state index in [0.717, 1.165) is 6.42 Å². The van der Waals surface area contributed by atoms with E-state index in [2.05, 4.69) is 88.1 Å². The second kappa shape index (κ2) is 9.99. The zero-order chi connectivity index (χ0) is 25.6. The molecule has 2 aliphatic rings. The lowest BCUT2D eigenvalue weighted by atomic mass is 9.61. The highest BCUT2D eigenvalue weighted by molar-refractivity contribution is 6.74. The molecule has 0 aromatic rings. The first kappa shape index (κ1) is 29.5. The van der Waals surface area contributed by atoms with Gasteiger partial charge < -0.3 is 14.0 Å². The van der Waals surface area contributed by atoms with E-state index < -0.39 is 16.6 Å². The van der Waals surface area contributed by atoms with E-state index in [-0.39, 0.29) is 16.7 Å². The summed E-state index contributed by atoms with van der Waals surface area (Å²) < 4.78 is 13.5. The third kappa shape index (κ3) is 6.75. The topological polar surface area (TPSA) is 38.7 Å². The Morgan fingerprint density at radius 2 is 1.55 bits per heavy atom. The minimum Gasteiger partial charge on any atom is -0.414 e. The van der Waals surface area contributed by atoms with Crippen LogP contribution >= 0.6 is 0 Å². The van der Waals surface area contributed by atoms with Crippen LogP contribution in [0.25, 0.3) is 0 Å². The van der Waals surface area contributed by atoms with Crippen LogP contribution in [0.15, 0.2) is 0 Å². The predicted molar refractivity (Wildman–Crippen MR) is 148 cm³/mol. The van der Waals surface area contributed by atoms with E-state index in [9.17, 15) is 5.11 Å². The Bertz CT molecular complexity index is 649. The van der Waals surface area contributed by atoms with Gasteiger partial charge in [-0.3, -0.25) is 0 Å². The standard InChI is InChI=1S/C28H58O3Si2/c1-20(27(6,7)31-32(9,10)11)19-24(29)21(2)22-16-17-23-25(15-14-18-28(22,23)8)30-33(12,13)26(3,4)5/h20-25,29H,14-19H2,1-13H3/t20-,21+,22-,23+,24?,25+,28+/m1/s1. The van der Waals surface area contributed by atoms with Gasteiger partial charge in [0.2, 0.25) is 0 Å². The number of aliphatic hydroxyl groups is 1. The number of fused-ring (bicyclic) bond motifs is 1. The Labute approximate surface area is 209 Å². The molecule has 5 heteroatoms. The lowest BCUT2D eigenvalue weighted by molar-refractivity contribution is -0.0507. The summed E-state index contributed by atoms with van der Waals surface area (Å²) >= 11 is 0. The fourth-order valence-electron chi connectivity index (χ4n) is 6.74. The monoisotopic (exact) mass is 498 g/mol. The average Bonchev–Trinajstić information content (AvgIpc) is 2.95. The van der Waals surface area contributed by atoms with E-state index in [4.69, 9.17) is 8.85 Å². The van der Waals surface area contributed by atoms with Crippen molar-refractivity contribution in [3.63, 3.8) is 0 Å². The average molecular weight is 499 g/mol.